The Kier molecular flexibility index (Phi) is 4.65. The number of pyridine rings is 1. The lowest BCUT2D eigenvalue weighted by atomic mass is 10.00. The van der Waals surface area contributed by atoms with E-state index in [4.69, 9.17) is 0 Å². The van der Waals surface area contributed by atoms with Gasteiger partial charge in [-0.1, -0.05) is 12.8 Å². The van der Waals surface area contributed by atoms with Crippen LogP contribution in [0.15, 0.2) is 23.2 Å². The molecular weight excluding hydrogens is 274 g/mol. The number of hydrogen-bond acceptors (Lipinski definition) is 4. The molecule has 1 aliphatic carbocycles. The molecule has 2 rings (SSSR count). The predicted octanol–water partition coefficient (Wildman–Crippen LogP) is 2.32. The molecule has 1 unspecified atom stereocenters. The Bertz CT molecular complexity index is 534. The Morgan fingerprint density at radius 3 is 2.45 bits per heavy atom. The Hall–Kier alpha value is -1.14. The second kappa shape index (κ2) is 6.10. The Balaban J connectivity index is 2.05. The van der Waals surface area contributed by atoms with E-state index in [1.165, 1.54) is 50.3 Å². The van der Waals surface area contributed by atoms with E-state index in [0.717, 1.165) is 5.82 Å². The van der Waals surface area contributed by atoms with Crippen molar-refractivity contribution in [2.45, 2.75) is 43.5 Å². The molecule has 0 radical (unpaired) electrons. The zero-order valence-corrected chi connectivity index (χ0v) is 13.2. The summed E-state index contributed by atoms with van der Waals surface area (Å²) in [6.45, 7) is 2.17. The number of rotatable bonds is 5. The van der Waals surface area contributed by atoms with Crippen molar-refractivity contribution < 1.29 is 8.42 Å². The summed E-state index contributed by atoms with van der Waals surface area (Å²) in [6, 6.07) is 3.72. The van der Waals surface area contributed by atoms with Gasteiger partial charge in [0.15, 0.2) is 0 Å². The molecule has 0 aliphatic heterocycles. The average Bonchev–Trinajstić information content (AvgIpc) is 2.93. The predicted molar refractivity (Wildman–Crippen MR) is 80.2 cm³/mol. The Morgan fingerprint density at radius 1 is 1.30 bits per heavy atom. The number of anilines is 1. The van der Waals surface area contributed by atoms with E-state index < -0.39 is 10.0 Å². The highest BCUT2D eigenvalue weighted by Gasteiger charge is 2.22. The molecule has 5 nitrogen and oxygen atoms in total. The summed E-state index contributed by atoms with van der Waals surface area (Å²) in [5, 5.41) is 3.37. The molecule has 1 fully saturated rings. The Morgan fingerprint density at radius 2 is 1.95 bits per heavy atom. The third-order valence-corrected chi connectivity index (χ3v) is 5.80. The fourth-order valence-electron chi connectivity index (χ4n) is 2.64. The van der Waals surface area contributed by atoms with E-state index in [9.17, 15) is 8.42 Å². The van der Waals surface area contributed by atoms with E-state index >= 15 is 0 Å². The van der Waals surface area contributed by atoms with Gasteiger partial charge in [0.1, 0.15) is 10.7 Å². The molecule has 1 aromatic rings. The monoisotopic (exact) mass is 297 g/mol. The minimum atomic E-state index is -3.39. The van der Waals surface area contributed by atoms with E-state index in [-0.39, 0.29) is 4.90 Å². The zero-order chi connectivity index (χ0) is 14.8. The van der Waals surface area contributed by atoms with Crippen LogP contribution in [0.1, 0.15) is 32.6 Å². The number of hydrogen-bond donors (Lipinski definition) is 1. The fourth-order valence-corrected chi connectivity index (χ4v) is 3.49. The van der Waals surface area contributed by atoms with Gasteiger partial charge < -0.3 is 5.32 Å². The third kappa shape index (κ3) is 3.30. The van der Waals surface area contributed by atoms with Gasteiger partial charge in [0.2, 0.25) is 10.0 Å². The summed E-state index contributed by atoms with van der Waals surface area (Å²) in [5.41, 5.74) is 0. The van der Waals surface area contributed by atoms with E-state index in [0.29, 0.717) is 12.0 Å². The SMILES string of the molecule is CC(Nc1ccc(S(=O)(=O)N(C)C)cn1)C1CCCC1. The molecule has 1 saturated carbocycles. The molecule has 20 heavy (non-hydrogen) atoms. The normalized spacial score (nSPS) is 18.4. The van der Waals surface area contributed by atoms with Crippen LogP contribution >= 0.6 is 0 Å². The van der Waals surface area contributed by atoms with Gasteiger partial charge >= 0.3 is 0 Å². The van der Waals surface area contributed by atoms with Crippen molar-refractivity contribution in [3.63, 3.8) is 0 Å². The molecule has 0 bridgehead atoms. The van der Waals surface area contributed by atoms with Gasteiger partial charge in [-0.2, -0.15) is 0 Å². The molecule has 0 aromatic carbocycles. The first-order chi connectivity index (χ1) is 9.41. The maximum Gasteiger partial charge on any atom is 0.244 e. The topological polar surface area (TPSA) is 62.3 Å². The first-order valence-corrected chi connectivity index (χ1v) is 8.50. The summed E-state index contributed by atoms with van der Waals surface area (Å²) >= 11 is 0. The standard InChI is InChI=1S/C14H23N3O2S/c1-11(12-6-4-5-7-12)16-14-9-8-13(10-15-14)20(18,19)17(2)3/h8-12H,4-7H2,1-3H3,(H,15,16). The van der Waals surface area contributed by atoms with Crippen LogP contribution in [0.3, 0.4) is 0 Å². The Labute approximate surface area is 121 Å². The minimum absolute atomic E-state index is 0.224. The van der Waals surface area contributed by atoms with Gasteiger partial charge in [-0.15, -0.1) is 0 Å². The minimum Gasteiger partial charge on any atom is -0.367 e. The molecule has 1 aliphatic rings. The molecule has 0 amide bonds. The van der Waals surface area contributed by atoms with Crippen molar-refractivity contribution in [1.82, 2.24) is 9.29 Å². The molecule has 1 N–H and O–H groups in total. The lowest BCUT2D eigenvalue weighted by Gasteiger charge is -2.21. The molecule has 0 spiro atoms. The van der Waals surface area contributed by atoms with Crippen LogP contribution in [-0.4, -0.2) is 37.8 Å². The molecule has 6 heteroatoms. The summed E-state index contributed by atoms with van der Waals surface area (Å²) in [6.07, 6.45) is 6.57. The van der Waals surface area contributed by atoms with Crippen LogP contribution in [0.2, 0.25) is 0 Å². The van der Waals surface area contributed by atoms with Crippen molar-refractivity contribution in [3.05, 3.63) is 18.3 Å². The largest absolute Gasteiger partial charge is 0.367 e. The van der Waals surface area contributed by atoms with Crippen molar-refractivity contribution >= 4 is 15.8 Å². The smallest absolute Gasteiger partial charge is 0.244 e. The molecular formula is C14H23N3O2S. The number of aromatic nitrogens is 1. The highest BCUT2D eigenvalue weighted by molar-refractivity contribution is 7.89. The number of sulfonamides is 1. The van der Waals surface area contributed by atoms with E-state index in [1.54, 1.807) is 12.1 Å². The van der Waals surface area contributed by atoms with Gasteiger partial charge in [-0.25, -0.2) is 17.7 Å². The molecule has 1 atom stereocenters. The third-order valence-electron chi connectivity index (χ3n) is 4.00. The van der Waals surface area contributed by atoms with Crippen molar-refractivity contribution in [1.29, 1.82) is 0 Å². The molecule has 1 aromatic heterocycles. The van der Waals surface area contributed by atoms with Crippen molar-refractivity contribution in [2.75, 3.05) is 19.4 Å². The maximum absolute atomic E-state index is 11.9. The summed E-state index contributed by atoms with van der Waals surface area (Å²) in [4.78, 5) is 4.45. The maximum atomic E-state index is 11.9. The van der Waals surface area contributed by atoms with Gasteiger partial charge in [0.05, 0.1) is 0 Å². The fraction of sp³-hybridized carbons (Fsp3) is 0.643. The van der Waals surface area contributed by atoms with Crippen LogP contribution in [0.4, 0.5) is 5.82 Å². The molecule has 1 heterocycles. The quantitative estimate of drug-likeness (QED) is 0.906. The first kappa shape index (κ1) is 15.3. The van der Waals surface area contributed by atoms with Crippen LogP contribution in [0.5, 0.6) is 0 Å². The van der Waals surface area contributed by atoms with Crippen LogP contribution < -0.4 is 5.32 Å². The van der Waals surface area contributed by atoms with Crippen molar-refractivity contribution in [3.8, 4) is 0 Å². The van der Waals surface area contributed by atoms with Gasteiger partial charge in [0.25, 0.3) is 0 Å². The summed E-state index contributed by atoms with van der Waals surface area (Å²) in [7, 11) is -0.360. The van der Waals surface area contributed by atoms with Gasteiger partial charge in [-0.3, -0.25) is 0 Å². The summed E-state index contributed by atoms with van der Waals surface area (Å²) in [5.74, 6) is 1.43. The second-order valence-corrected chi connectivity index (χ2v) is 7.80. The lowest BCUT2D eigenvalue weighted by Crippen LogP contribution is -2.25. The van der Waals surface area contributed by atoms with Crippen molar-refractivity contribution in [2.24, 2.45) is 5.92 Å². The summed E-state index contributed by atoms with van der Waals surface area (Å²) < 4.78 is 25.1. The van der Waals surface area contributed by atoms with E-state index in [2.05, 4.69) is 17.2 Å². The van der Waals surface area contributed by atoms with Crippen LogP contribution in [-0.2, 0) is 10.0 Å². The molecule has 112 valence electrons. The van der Waals surface area contributed by atoms with Crippen LogP contribution in [0.25, 0.3) is 0 Å². The number of nitrogens with zero attached hydrogens (tertiary/aromatic N) is 2. The van der Waals surface area contributed by atoms with Gasteiger partial charge in [-0.05, 0) is 37.8 Å². The number of nitrogens with one attached hydrogen (secondary N) is 1. The highest BCUT2D eigenvalue weighted by Crippen LogP contribution is 2.29. The average molecular weight is 297 g/mol. The first-order valence-electron chi connectivity index (χ1n) is 7.06. The van der Waals surface area contributed by atoms with Crippen LogP contribution in [0, 0.1) is 5.92 Å². The molecule has 0 saturated heterocycles. The second-order valence-electron chi connectivity index (χ2n) is 5.64. The van der Waals surface area contributed by atoms with E-state index in [1.807, 2.05) is 0 Å². The lowest BCUT2D eigenvalue weighted by molar-refractivity contribution is 0.481. The van der Waals surface area contributed by atoms with Gasteiger partial charge in [0, 0.05) is 26.3 Å². The zero-order valence-electron chi connectivity index (χ0n) is 12.3. The highest BCUT2D eigenvalue weighted by atomic mass is 32.2.